The lowest BCUT2D eigenvalue weighted by Crippen LogP contribution is -2.06. The molecule has 1 N–H and O–H groups in total. The number of benzene rings is 1. The number of aromatic carboxylic acids is 1. The molecule has 15 heavy (non-hydrogen) atoms. The van der Waals surface area contributed by atoms with E-state index in [2.05, 4.69) is 9.97 Å². The van der Waals surface area contributed by atoms with Crippen LogP contribution in [0, 0.1) is 12.7 Å². The topological polar surface area (TPSA) is 63.1 Å². The van der Waals surface area contributed by atoms with Gasteiger partial charge in [0.25, 0.3) is 0 Å². The van der Waals surface area contributed by atoms with Crippen LogP contribution in [-0.4, -0.2) is 21.0 Å². The number of hydrogen-bond donors (Lipinski definition) is 1. The van der Waals surface area contributed by atoms with Crippen molar-refractivity contribution in [2.24, 2.45) is 0 Å². The number of aryl methyl sites for hydroxylation is 1. The maximum absolute atomic E-state index is 13.4. The van der Waals surface area contributed by atoms with Crippen LogP contribution in [0.25, 0.3) is 10.9 Å². The minimum atomic E-state index is -1.22. The van der Waals surface area contributed by atoms with E-state index >= 15 is 0 Å². The van der Waals surface area contributed by atoms with Gasteiger partial charge in [-0.3, -0.25) is 0 Å². The molecule has 0 atom stereocenters. The molecule has 0 bridgehead atoms. The van der Waals surface area contributed by atoms with E-state index in [0.29, 0.717) is 11.2 Å². The number of hydrogen-bond acceptors (Lipinski definition) is 3. The summed E-state index contributed by atoms with van der Waals surface area (Å²) in [7, 11) is 0. The van der Waals surface area contributed by atoms with Crippen molar-refractivity contribution in [3.63, 3.8) is 0 Å². The molecule has 0 unspecified atom stereocenters. The molecule has 76 valence electrons. The lowest BCUT2D eigenvalue weighted by molar-refractivity contribution is 0.0683. The summed E-state index contributed by atoms with van der Waals surface area (Å²) < 4.78 is 13.4. The summed E-state index contributed by atoms with van der Waals surface area (Å²) in [6.45, 7) is 1.56. The number of fused-ring (bicyclic) bond motifs is 1. The number of carbonyl (C=O) groups is 1. The fourth-order valence-corrected chi connectivity index (χ4v) is 1.41. The molecule has 2 aromatic rings. The van der Waals surface area contributed by atoms with Crippen molar-refractivity contribution in [2.75, 3.05) is 0 Å². The molecular weight excluding hydrogens is 199 g/mol. The van der Waals surface area contributed by atoms with E-state index in [1.54, 1.807) is 13.0 Å². The zero-order valence-electron chi connectivity index (χ0n) is 7.86. The molecule has 0 spiro atoms. The normalized spacial score (nSPS) is 10.5. The van der Waals surface area contributed by atoms with Crippen molar-refractivity contribution >= 4 is 16.9 Å². The van der Waals surface area contributed by atoms with Gasteiger partial charge >= 0.3 is 5.97 Å². The summed E-state index contributed by atoms with van der Waals surface area (Å²) in [5.74, 6) is -1.98. The largest absolute Gasteiger partial charge is 0.475 e. The second-order valence-electron chi connectivity index (χ2n) is 3.07. The standard InChI is InChI=1S/C10H7FN2O2/c1-5-8-6(11)3-2-4-7(8)13-9(12-5)10(14)15/h2-4H,1H3,(H,14,15). The fourth-order valence-electron chi connectivity index (χ4n) is 1.41. The predicted octanol–water partition coefficient (Wildman–Crippen LogP) is 1.78. The van der Waals surface area contributed by atoms with Crippen LogP contribution in [0.2, 0.25) is 0 Å². The minimum absolute atomic E-state index is 0.266. The molecular formula is C10H7FN2O2. The highest BCUT2D eigenvalue weighted by Crippen LogP contribution is 2.18. The Morgan fingerprint density at radius 1 is 1.40 bits per heavy atom. The van der Waals surface area contributed by atoms with Gasteiger partial charge in [0.1, 0.15) is 5.82 Å². The summed E-state index contributed by atoms with van der Waals surface area (Å²) in [4.78, 5) is 18.1. The number of aromatic nitrogens is 2. The van der Waals surface area contributed by atoms with Gasteiger partial charge in [0.15, 0.2) is 0 Å². The zero-order chi connectivity index (χ0) is 11.0. The zero-order valence-corrected chi connectivity index (χ0v) is 7.86. The molecule has 0 saturated heterocycles. The molecule has 0 aliphatic heterocycles. The van der Waals surface area contributed by atoms with Gasteiger partial charge in [0.2, 0.25) is 5.82 Å². The van der Waals surface area contributed by atoms with Crippen LogP contribution >= 0.6 is 0 Å². The second-order valence-corrected chi connectivity index (χ2v) is 3.07. The molecule has 1 heterocycles. The quantitative estimate of drug-likeness (QED) is 0.772. The van der Waals surface area contributed by atoms with Crippen molar-refractivity contribution in [1.29, 1.82) is 0 Å². The molecule has 0 radical (unpaired) electrons. The third kappa shape index (κ3) is 1.52. The van der Waals surface area contributed by atoms with E-state index in [0.717, 1.165) is 0 Å². The van der Waals surface area contributed by atoms with Crippen LogP contribution in [0.15, 0.2) is 18.2 Å². The average Bonchev–Trinajstić information content (AvgIpc) is 2.17. The number of carboxylic acids is 1. The molecule has 0 amide bonds. The molecule has 0 saturated carbocycles. The van der Waals surface area contributed by atoms with Gasteiger partial charge in [0.05, 0.1) is 16.6 Å². The Labute approximate surface area is 84.4 Å². The molecule has 0 fully saturated rings. The van der Waals surface area contributed by atoms with Crippen molar-refractivity contribution in [3.05, 3.63) is 35.5 Å². The smallest absolute Gasteiger partial charge is 0.373 e. The monoisotopic (exact) mass is 206 g/mol. The molecule has 0 aliphatic rings. The van der Waals surface area contributed by atoms with E-state index in [9.17, 15) is 9.18 Å². The molecule has 4 nitrogen and oxygen atoms in total. The molecule has 1 aromatic carbocycles. The second kappa shape index (κ2) is 3.27. The SMILES string of the molecule is Cc1nc(C(=O)O)nc2cccc(F)c12. The van der Waals surface area contributed by atoms with Crippen LogP contribution < -0.4 is 0 Å². The summed E-state index contributed by atoms with van der Waals surface area (Å²) in [5, 5.41) is 8.99. The Balaban J connectivity index is 2.84. The van der Waals surface area contributed by atoms with E-state index in [-0.39, 0.29) is 11.2 Å². The first-order chi connectivity index (χ1) is 7.09. The number of nitrogens with zero attached hydrogens (tertiary/aromatic N) is 2. The average molecular weight is 206 g/mol. The first-order valence-electron chi connectivity index (χ1n) is 4.26. The Hall–Kier alpha value is -2.04. The van der Waals surface area contributed by atoms with Gasteiger partial charge in [0, 0.05) is 0 Å². The van der Waals surface area contributed by atoms with E-state index in [1.165, 1.54) is 12.1 Å². The first kappa shape index (κ1) is 9.51. The van der Waals surface area contributed by atoms with Gasteiger partial charge in [-0.1, -0.05) is 6.07 Å². The molecule has 5 heteroatoms. The number of carboxylic acid groups (broad SMARTS) is 1. The lowest BCUT2D eigenvalue weighted by atomic mass is 10.2. The minimum Gasteiger partial charge on any atom is -0.475 e. The third-order valence-electron chi connectivity index (χ3n) is 2.04. The Morgan fingerprint density at radius 3 is 2.80 bits per heavy atom. The summed E-state index contributed by atoms with van der Waals surface area (Å²) in [5.41, 5.74) is 0.635. The van der Waals surface area contributed by atoms with Gasteiger partial charge < -0.3 is 5.11 Å². The van der Waals surface area contributed by atoms with Gasteiger partial charge in [-0.25, -0.2) is 19.2 Å². The summed E-state index contributed by atoms with van der Waals surface area (Å²) in [6, 6.07) is 4.33. The Kier molecular flexibility index (Phi) is 2.07. The highest BCUT2D eigenvalue weighted by Gasteiger charge is 2.12. The van der Waals surface area contributed by atoms with Crippen LogP contribution in [0.1, 0.15) is 16.3 Å². The number of halogens is 1. The lowest BCUT2D eigenvalue weighted by Gasteiger charge is -2.03. The van der Waals surface area contributed by atoms with Crippen molar-refractivity contribution in [1.82, 2.24) is 9.97 Å². The maximum atomic E-state index is 13.4. The highest BCUT2D eigenvalue weighted by molar-refractivity contribution is 5.88. The predicted molar refractivity (Wildman–Crippen MR) is 51.2 cm³/mol. The Morgan fingerprint density at radius 2 is 2.13 bits per heavy atom. The van der Waals surface area contributed by atoms with Gasteiger partial charge in [-0.05, 0) is 19.1 Å². The van der Waals surface area contributed by atoms with E-state index in [1.807, 2.05) is 0 Å². The van der Waals surface area contributed by atoms with Crippen molar-refractivity contribution < 1.29 is 14.3 Å². The summed E-state index contributed by atoms with van der Waals surface area (Å²) in [6.07, 6.45) is 0. The van der Waals surface area contributed by atoms with Crippen LogP contribution in [0.3, 0.4) is 0 Å². The van der Waals surface area contributed by atoms with Crippen molar-refractivity contribution in [2.45, 2.75) is 6.92 Å². The fraction of sp³-hybridized carbons (Fsp3) is 0.100. The summed E-state index contributed by atoms with van der Waals surface area (Å²) >= 11 is 0. The van der Waals surface area contributed by atoms with Crippen LogP contribution in [-0.2, 0) is 0 Å². The number of rotatable bonds is 1. The van der Waals surface area contributed by atoms with Crippen LogP contribution in [0.5, 0.6) is 0 Å². The maximum Gasteiger partial charge on any atom is 0.373 e. The molecule has 2 rings (SSSR count). The van der Waals surface area contributed by atoms with Crippen LogP contribution in [0.4, 0.5) is 4.39 Å². The molecule has 1 aromatic heterocycles. The Bertz CT molecular complexity index is 554. The van der Waals surface area contributed by atoms with Gasteiger partial charge in [-0.2, -0.15) is 0 Å². The van der Waals surface area contributed by atoms with E-state index in [4.69, 9.17) is 5.11 Å². The third-order valence-corrected chi connectivity index (χ3v) is 2.04. The first-order valence-corrected chi connectivity index (χ1v) is 4.26. The van der Waals surface area contributed by atoms with Gasteiger partial charge in [-0.15, -0.1) is 0 Å². The van der Waals surface area contributed by atoms with E-state index < -0.39 is 11.8 Å². The molecule has 0 aliphatic carbocycles. The van der Waals surface area contributed by atoms with Crippen molar-refractivity contribution in [3.8, 4) is 0 Å². The highest BCUT2D eigenvalue weighted by atomic mass is 19.1.